The molecule has 0 N–H and O–H groups in total. The first kappa shape index (κ1) is 30.9. The highest BCUT2D eigenvalue weighted by Gasteiger charge is 2.18. The van der Waals surface area contributed by atoms with E-state index in [1.54, 1.807) is 30.3 Å². The Morgan fingerprint density at radius 1 is 0.732 bits per heavy atom. The van der Waals surface area contributed by atoms with Crippen LogP contribution in [-0.4, -0.2) is 0 Å². The number of benzene rings is 3. The molecular weight excluding hydrogens is 513 g/mol. The highest BCUT2D eigenvalue weighted by molar-refractivity contribution is 5.74. The van der Waals surface area contributed by atoms with Gasteiger partial charge in [-0.05, 0) is 78.3 Å². The topological polar surface area (TPSA) is 0 Å². The molecule has 0 spiro atoms. The van der Waals surface area contributed by atoms with Gasteiger partial charge in [0.15, 0.2) is 11.6 Å². The maximum absolute atomic E-state index is 15.2. The van der Waals surface area contributed by atoms with Gasteiger partial charge in [0, 0.05) is 11.1 Å². The Labute approximate surface area is 245 Å². The molecule has 0 saturated heterocycles. The molecule has 0 aromatic heterocycles. The highest BCUT2D eigenvalue weighted by atomic mass is 19.2. The fourth-order valence-electron chi connectivity index (χ4n) is 5.93. The molecule has 3 aromatic rings. The molecule has 41 heavy (non-hydrogen) atoms. The lowest BCUT2D eigenvalue weighted by Crippen LogP contribution is -2.06. The minimum atomic E-state index is -0.819. The molecule has 0 saturated carbocycles. The summed E-state index contributed by atoms with van der Waals surface area (Å²) in [6.07, 6.45) is 20.7. The largest absolute Gasteiger partial charge is 0.206 e. The molecule has 0 amide bonds. The van der Waals surface area contributed by atoms with E-state index < -0.39 is 11.6 Å². The van der Waals surface area contributed by atoms with Crippen LogP contribution in [0.25, 0.3) is 27.8 Å². The summed E-state index contributed by atoms with van der Waals surface area (Å²) >= 11 is 0. The van der Waals surface area contributed by atoms with Gasteiger partial charge in [0.1, 0.15) is 5.82 Å². The molecule has 0 heterocycles. The van der Waals surface area contributed by atoms with Crippen molar-refractivity contribution in [3.05, 3.63) is 101 Å². The summed E-state index contributed by atoms with van der Waals surface area (Å²) in [5.74, 6) is -1.08. The second-order valence-corrected chi connectivity index (χ2v) is 11.5. The summed E-state index contributed by atoms with van der Waals surface area (Å²) in [6.45, 7) is 4.30. The quantitative estimate of drug-likeness (QED) is 0.136. The van der Waals surface area contributed by atoms with Crippen molar-refractivity contribution in [2.45, 2.75) is 97.3 Å². The van der Waals surface area contributed by atoms with Crippen LogP contribution < -0.4 is 0 Å². The van der Waals surface area contributed by atoms with Crippen molar-refractivity contribution in [2.75, 3.05) is 0 Å². The molecule has 0 fully saturated rings. The molecule has 4 rings (SSSR count). The molecule has 1 atom stereocenters. The average molecular weight is 559 g/mol. The first-order chi connectivity index (χ1) is 20.0. The van der Waals surface area contributed by atoms with Crippen molar-refractivity contribution in [1.82, 2.24) is 0 Å². The zero-order valence-electron chi connectivity index (χ0n) is 24.8. The molecule has 0 bridgehead atoms. The monoisotopic (exact) mass is 558 g/mol. The third kappa shape index (κ3) is 8.47. The van der Waals surface area contributed by atoms with E-state index in [4.69, 9.17) is 0 Å². The number of hydrogen-bond acceptors (Lipinski definition) is 0. The van der Waals surface area contributed by atoms with E-state index in [-0.39, 0.29) is 11.4 Å². The molecule has 3 aromatic carbocycles. The van der Waals surface area contributed by atoms with E-state index in [0.717, 1.165) is 48.3 Å². The number of rotatable bonds is 14. The number of hydrogen-bond donors (Lipinski definition) is 0. The van der Waals surface area contributed by atoms with Crippen molar-refractivity contribution in [3.63, 3.8) is 0 Å². The number of halogens is 3. The molecule has 0 aliphatic heterocycles. The van der Waals surface area contributed by atoms with Crippen molar-refractivity contribution < 1.29 is 13.2 Å². The van der Waals surface area contributed by atoms with Gasteiger partial charge in [0.05, 0.1) is 0 Å². The van der Waals surface area contributed by atoms with Gasteiger partial charge >= 0.3 is 0 Å². The molecule has 218 valence electrons. The van der Waals surface area contributed by atoms with Gasteiger partial charge in [-0.25, -0.2) is 13.2 Å². The third-order valence-corrected chi connectivity index (χ3v) is 8.47. The van der Waals surface area contributed by atoms with Gasteiger partial charge in [-0.3, -0.25) is 0 Å². The molecule has 0 radical (unpaired) electrons. The van der Waals surface area contributed by atoms with Crippen LogP contribution in [0.15, 0.2) is 72.8 Å². The molecule has 0 nitrogen and oxygen atoms in total. The second kappa shape index (κ2) is 15.8. The molecular formula is C38H45F3. The fourth-order valence-corrected chi connectivity index (χ4v) is 5.93. The van der Waals surface area contributed by atoms with Crippen LogP contribution in [0.5, 0.6) is 0 Å². The van der Waals surface area contributed by atoms with Gasteiger partial charge in [-0.15, -0.1) is 0 Å². The van der Waals surface area contributed by atoms with E-state index in [2.05, 4.69) is 13.0 Å². The summed E-state index contributed by atoms with van der Waals surface area (Å²) in [5, 5.41) is 0. The molecule has 3 heteroatoms. The summed E-state index contributed by atoms with van der Waals surface area (Å²) in [5.41, 5.74) is 4.66. The lowest BCUT2D eigenvalue weighted by Gasteiger charge is -2.22. The Hall–Kier alpha value is -3.07. The van der Waals surface area contributed by atoms with Gasteiger partial charge in [0.2, 0.25) is 0 Å². The van der Waals surface area contributed by atoms with E-state index in [0.29, 0.717) is 29.5 Å². The zero-order chi connectivity index (χ0) is 29.0. The SMILES string of the molecule is CCC=CCCc1ccc(-c2ccc(-c3ccc(C4=CCC(CCCCCCCC)CC4)c(F)c3)cc2)c(F)c1F. The van der Waals surface area contributed by atoms with Crippen molar-refractivity contribution in [1.29, 1.82) is 0 Å². The predicted molar refractivity (Wildman–Crippen MR) is 168 cm³/mol. The Balaban J connectivity index is 1.37. The van der Waals surface area contributed by atoms with Crippen LogP contribution in [-0.2, 0) is 6.42 Å². The summed E-state index contributed by atoms with van der Waals surface area (Å²) in [4.78, 5) is 0. The van der Waals surface area contributed by atoms with Crippen LogP contribution in [0.1, 0.15) is 102 Å². The van der Waals surface area contributed by atoms with E-state index in [9.17, 15) is 8.78 Å². The summed E-state index contributed by atoms with van der Waals surface area (Å²) in [6, 6.07) is 16.0. The number of aryl methyl sites for hydroxylation is 1. The highest BCUT2D eigenvalue weighted by Crippen LogP contribution is 2.36. The predicted octanol–water partition coefficient (Wildman–Crippen LogP) is 12.3. The average Bonchev–Trinajstić information content (AvgIpc) is 3.00. The Morgan fingerprint density at radius 3 is 2.15 bits per heavy atom. The van der Waals surface area contributed by atoms with Gasteiger partial charge in [-0.1, -0.05) is 126 Å². The van der Waals surface area contributed by atoms with Gasteiger partial charge < -0.3 is 0 Å². The normalized spacial score (nSPS) is 15.4. The van der Waals surface area contributed by atoms with Crippen LogP contribution >= 0.6 is 0 Å². The standard InChI is InChI=1S/C38H45F3/c1-3-5-7-9-10-11-13-28-15-17-30(18-16-28)34-25-24-33(27-36(34)39)29-19-21-31(22-20-29)35-26-23-32(37(40)38(35)41)14-12-8-6-4-2/h6,8,17,19-28H,3-5,7,9-16,18H2,1-2H3. The number of unbranched alkanes of at least 4 members (excludes halogenated alkanes) is 5. The van der Waals surface area contributed by atoms with Crippen LogP contribution in [0.3, 0.4) is 0 Å². The smallest absolute Gasteiger partial charge is 0.166 e. The van der Waals surface area contributed by atoms with Crippen LogP contribution in [0, 0.1) is 23.4 Å². The zero-order valence-corrected chi connectivity index (χ0v) is 24.8. The van der Waals surface area contributed by atoms with Gasteiger partial charge in [0.25, 0.3) is 0 Å². The van der Waals surface area contributed by atoms with E-state index >= 15 is 4.39 Å². The fraction of sp³-hybridized carbons (Fsp3) is 0.421. The molecule has 1 aliphatic carbocycles. The summed E-state index contributed by atoms with van der Waals surface area (Å²) in [7, 11) is 0. The first-order valence-electron chi connectivity index (χ1n) is 15.7. The second-order valence-electron chi connectivity index (χ2n) is 11.5. The van der Waals surface area contributed by atoms with E-state index in [1.807, 2.05) is 43.3 Å². The van der Waals surface area contributed by atoms with E-state index in [1.165, 1.54) is 44.9 Å². The minimum Gasteiger partial charge on any atom is -0.206 e. The molecule has 1 aliphatic rings. The maximum Gasteiger partial charge on any atom is 0.166 e. The third-order valence-electron chi connectivity index (χ3n) is 8.47. The van der Waals surface area contributed by atoms with Crippen LogP contribution in [0.2, 0.25) is 0 Å². The Bertz CT molecular complexity index is 1320. The molecule has 1 unspecified atom stereocenters. The van der Waals surface area contributed by atoms with Gasteiger partial charge in [-0.2, -0.15) is 0 Å². The van der Waals surface area contributed by atoms with Crippen LogP contribution in [0.4, 0.5) is 13.2 Å². The van der Waals surface area contributed by atoms with Crippen molar-refractivity contribution in [2.24, 2.45) is 5.92 Å². The summed E-state index contributed by atoms with van der Waals surface area (Å²) < 4.78 is 44.9. The lowest BCUT2D eigenvalue weighted by molar-refractivity contribution is 0.422. The van der Waals surface area contributed by atoms with Crippen molar-refractivity contribution >= 4 is 5.57 Å². The first-order valence-corrected chi connectivity index (χ1v) is 15.7. The Kier molecular flexibility index (Phi) is 11.9. The number of allylic oxidation sites excluding steroid dienone is 4. The maximum atomic E-state index is 15.2. The van der Waals surface area contributed by atoms with Crippen molar-refractivity contribution in [3.8, 4) is 22.3 Å². The minimum absolute atomic E-state index is 0.204. The Morgan fingerprint density at radius 2 is 1.44 bits per heavy atom. The lowest BCUT2D eigenvalue weighted by atomic mass is 9.83.